The molecular formula is C30H34ClFN6O5. The summed E-state index contributed by atoms with van der Waals surface area (Å²) in [4.78, 5) is 41.9. The molecule has 2 atom stereocenters. The molecule has 0 radical (unpaired) electrons. The highest BCUT2D eigenvalue weighted by atomic mass is 35.5. The number of halogens is 2. The maximum Gasteiger partial charge on any atom is 0.305 e. The predicted molar refractivity (Wildman–Crippen MR) is 165 cm³/mol. The summed E-state index contributed by atoms with van der Waals surface area (Å²) in [7, 11) is 5.63. The standard InChI is InChI=1S/C30H34ClFN6O5/c1-36(2)14-7-15-37(3)26-11-6-9-21(28(26)38(41)42)30(40)35-24-16-19(12-13-22(24)31)29(39)34-23-10-5-4-8-20(23)25-17-43-18-27(32)33-25/h4-6,8-13,16,25,27,33H,7,14-15,17-18H2,1-3H3,(H,34,39)(H,35,40). The van der Waals surface area contributed by atoms with Gasteiger partial charge < -0.3 is 25.2 Å². The first kappa shape index (κ1) is 31.8. The van der Waals surface area contributed by atoms with Gasteiger partial charge in [0.05, 0.1) is 34.9 Å². The van der Waals surface area contributed by atoms with Crippen molar-refractivity contribution in [3.63, 3.8) is 0 Å². The molecule has 2 unspecified atom stereocenters. The van der Waals surface area contributed by atoms with Crippen molar-refractivity contribution < 1.29 is 23.6 Å². The average molecular weight is 613 g/mol. The van der Waals surface area contributed by atoms with Crippen LogP contribution in [0.15, 0.2) is 60.7 Å². The number of morpholine rings is 1. The summed E-state index contributed by atoms with van der Waals surface area (Å²) < 4.78 is 19.2. The van der Waals surface area contributed by atoms with Crippen molar-refractivity contribution in [2.45, 2.75) is 18.8 Å². The van der Waals surface area contributed by atoms with Gasteiger partial charge in [0.15, 0.2) is 6.30 Å². The highest BCUT2D eigenvalue weighted by Gasteiger charge is 2.28. The van der Waals surface area contributed by atoms with Gasteiger partial charge in [-0.2, -0.15) is 0 Å². The van der Waals surface area contributed by atoms with Crippen LogP contribution >= 0.6 is 11.6 Å². The molecule has 11 nitrogen and oxygen atoms in total. The Morgan fingerprint density at radius 1 is 1.02 bits per heavy atom. The molecule has 0 saturated carbocycles. The number of amides is 2. The van der Waals surface area contributed by atoms with Gasteiger partial charge in [0, 0.05) is 24.8 Å². The van der Waals surface area contributed by atoms with Crippen molar-refractivity contribution in [2.24, 2.45) is 0 Å². The molecule has 2 amide bonds. The fourth-order valence-corrected chi connectivity index (χ4v) is 4.97. The molecule has 1 heterocycles. The molecule has 3 aromatic rings. The third kappa shape index (κ3) is 8.05. The minimum atomic E-state index is -1.33. The minimum absolute atomic E-state index is 0.0504. The first-order valence-corrected chi connectivity index (χ1v) is 14.0. The Balaban J connectivity index is 1.54. The van der Waals surface area contributed by atoms with E-state index in [1.54, 1.807) is 48.3 Å². The fourth-order valence-electron chi connectivity index (χ4n) is 4.80. The highest BCUT2D eigenvalue weighted by molar-refractivity contribution is 6.34. The number of ether oxygens (including phenoxy) is 1. The minimum Gasteiger partial charge on any atom is -0.375 e. The molecule has 4 rings (SSSR count). The number of alkyl halides is 1. The van der Waals surface area contributed by atoms with Crippen LogP contribution in [0.4, 0.5) is 27.1 Å². The number of hydrogen-bond acceptors (Lipinski definition) is 8. The molecule has 0 bridgehead atoms. The number of nitrogens with zero attached hydrogens (tertiary/aromatic N) is 3. The zero-order chi connectivity index (χ0) is 31.1. The van der Waals surface area contributed by atoms with Gasteiger partial charge in [-0.25, -0.2) is 4.39 Å². The summed E-state index contributed by atoms with van der Waals surface area (Å²) in [6, 6.07) is 15.4. The van der Waals surface area contributed by atoms with Gasteiger partial charge in [-0.3, -0.25) is 25.0 Å². The number of nitro benzene ring substituents is 1. The second-order valence-corrected chi connectivity index (χ2v) is 10.8. The van der Waals surface area contributed by atoms with Crippen LogP contribution in [0.2, 0.25) is 5.02 Å². The summed E-state index contributed by atoms with van der Waals surface area (Å²) in [6.07, 6.45) is -0.558. The molecule has 1 saturated heterocycles. The van der Waals surface area contributed by atoms with E-state index in [2.05, 4.69) is 16.0 Å². The monoisotopic (exact) mass is 612 g/mol. The van der Waals surface area contributed by atoms with Gasteiger partial charge in [-0.1, -0.05) is 35.9 Å². The topological polar surface area (TPSA) is 129 Å². The summed E-state index contributed by atoms with van der Waals surface area (Å²) in [5.74, 6) is -1.25. The number of rotatable bonds is 11. The van der Waals surface area contributed by atoms with Crippen molar-refractivity contribution in [3.05, 3.63) is 92.5 Å². The maximum absolute atomic E-state index is 13.9. The van der Waals surface area contributed by atoms with Crippen LogP contribution in [0.3, 0.4) is 0 Å². The van der Waals surface area contributed by atoms with E-state index < -0.39 is 29.1 Å². The second-order valence-electron chi connectivity index (χ2n) is 10.4. The Morgan fingerprint density at radius 3 is 2.49 bits per heavy atom. The van der Waals surface area contributed by atoms with Crippen molar-refractivity contribution >= 4 is 46.2 Å². The molecule has 0 aromatic heterocycles. The molecule has 3 N–H and O–H groups in total. The molecule has 0 aliphatic carbocycles. The van der Waals surface area contributed by atoms with E-state index in [0.717, 1.165) is 13.0 Å². The van der Waals surface area contributed by atoms with E-state index >= 15 is 0 Å². The Bertz CT molecular complexity index is 1490. The zero-order valence-corrected chi connectivity index (χ0v) is 24.9. The van der Waals surface area contributed by atoms with E-state index in [9.17, 15) is 24.1 Å². The number of carbonyl (C=O) groups is 2. The molecule has 13 heteroatoms. The molecule has 1 aliphatic rings. The van der Waals surface area contributed by atoms with Crippen LogP contribution in [0.25, 0.3) is 0 Å². The van der Waals surface area contributed by atoms with Crippen LogP contribution in [0, 0.1) is 10.1 Å². The van der Waals surface area contributed by atoms with Crippen molar-refractivity contribution in [2.75, 3.05) is 63.0 Å². The van der Waals surface area contributed by atoms with Crippen LogP contribution in [-0.2, 0) is 4.74 Å². The van der Waals surface area contributed by atoms with Crippen molar-refractivity contribution in [3.8, 4) is 0 Å². The number of benzene rings is 3. The summed E-state index contributed by atoms with van der Waals surface area (Å²) in [6.45, 7) is 1.54. The van der Waals surface area contributed by atoms with Gasteiger partial charge in [0.1, 0.15) is 11.3 Å². The Kier molecular flexibility index (Phi) is 10.6. The van der Waals surface area contributed by atoms with Crippen molar-refractivity contribution in [1.82, 2.24) is 10.2 Å². The fraction of sp³-hybridized carbons (Fsp3) is 0.333. The predicted octanol–water partition coefficient (Wildman–Crippen LogP) is 5.10. The second kappa shape index (κ2) is 14.4. The van der Waals surface area contributed by atoms with Crippen LogP contribution in [0.5, 0.6) is 0 Å². The van der Waals surface area contributed by atoms with Crippen LogP contribution in [0.1, 0.15) is 38.7 Å². The largest absolute Gasteiger partial charge is 0.375 e. The molecule has 3 aromatic carbocycles. The summed E-state index contributed by atoms with van der Waals surface area (Å²) in [5.41, 5.74) is 1.24. The van der Waals surface area contributed by atoms with E-state index in [1.165, 1.54) is 24.3 Å². The van der Waals surface area contributed by atoms with Gasteiger partial charge in [0.25, 0.3) is 11.8 Å². The summed E-state index contributed by atoms with van der Waals surface area (Å²) >= 11 is 6.35. The van der Waals surface area contributed by atoms with Gasteiger partial charge in [-0.15, -0.1) is 0 Å². The lowest BCUT2D eigenvalue weighted by Crippen LogP contribution is -2.41. The highest BCUT2D eigenvalue weighted by Crippen LogP contribution is 2.33. The van der Waals surface area contributed by atoms with Crippen LogP contribution < -0.4 is 20.9 Å². The van der Waals surface area contributed by atoms with E-state index in [0.29, 0.717) is 23.5 Å². The third-order valence-corrected chi connectivity index (χ3v) is 7.27. The number of hydrogen-bond donors (Lipinski definition) is 3. The first-order valence-electron chi connectivity index (χ1n) is 13.7. The molecule has 228 valence electrons. The average Bonchev–Trinajstić information content (AvgIpc) is 2.97. The molecule has 0 spiro atoms. The Morgan fingerprint density at radius 2 is 1.77 bits per heavy atom. The number of nitro groups is 1. The lowest BCUT2D eigenvalue weighted by Gasteiger charge is -2.28. The quantitative estimate of drug-likeness (QED) is 0.155. The Labute approximate surface area is 254 Å². The van der Waals surface area contributed by atoms with Gasteiger partial charge >= 0.3 is 5.69 Å². The van der Waals surface area contributed by atoms with Gasteiger partial charge in [0.2, 0.25) is 0 Å². The molecule has 43 heavy (non-hydrogen) atoms. The summed E-state index contributed by atoms with van der Waals surface area (Å²) in [5, 5.41) is 20.5. The third-order valence-electron chi connectivity index (χ3n) is 6.94. The van der Waals surface area contributed by atoms with E-state index in [1.807, 2.05) is 19.0 Å². The van der Waals surface area contributed by atoms with E-state index in [4.69, 9.17) is 16.3 Å². The van der Waals surface area contributed by atoms with Crippen LogP contribution in [-0.4, -0.2) is 75.4 Å². The molecule has 1 aliphatic heterocycles. The maximum atomic E-state index is 13.9. The number of nitrogens with one attached hydrogen (secondary N) is 3. The lowest BCUT2D eigenvalue weighted by molar-refractivity contribution is -0.384. The lowest BCUT2D eigenvalue weighted by atomic mass is 10.0. The number of para-hydroxylation sites is 2. The number of carbonyl (C=O) groups excluding carboxylic acids is 2. The molecule has 1 fully saturated rings. The SMILES string of the molecule is CN(C)CCCN(C)c1cccc(C(=O)Nc2cc(C(=O)Nc3ccccc3C3COCC(F)N3)ccc2Cl)c1[N+](=O)[O-]. The Hall–Kier alpha value is -4.10. The van der Waals surface area contributed by atoms with E-state index in [-0.39, 0.29) is 40.7 Å². The number of anilines is 3. The normalized spacial score (nSPS) is 16.5. The molecular weight excluding hydrogens is 579 g/mol. The smallest absolute Gasteiger partial charge is 0.305 e. The first-order chi connectivity index (χ1) is 20.5. The zero-order valence-electron chi connectivity index (χ0n) is 24.1. The van der Waals surface area contributed by atoms with Crippen molar-refractivity contribution in [1.29, 1.82) is 0 Å². The van der Waals surface area contributed by atoms with Gasteiger partial charge in [-0.05, 0) is 69.0 Å².